The van der Waals surface area contributed by atoms with Gasteiger partial charge in [-0.1, -0.05) is 54.6 Å². The first-order valence-electron chi connectivity index (χ1n) is 18.4. The Kier molecular flexibility index (Phi) is 10.6. The molecule has 0 aliphatic carbocycles. The average molecular weight is 692 g/mol. The number of nitrogens with zero attached hydrogens (tertiary/aromatic N) is 7. The number of piperazine rings is 1. The number of benzene rings is 2. The van der Waals surface area contributed by atoms with Crippen LogP contribution >= 0.6 is 0 Å². The summed E-state index contributed by atoms with van der Waals surface area (Å²) in [6.07, 6.45) is 8.66. The highest BCUT2D eigenvalue weighted by molar-refractivity contribution is 5.92. The van der Waals surface area contributed by atoms with Gasteiger partial charge in [-0.25, -0.2) is 15.0 Å². The van der Waals surface area contributed by atoms with Crippen LogP contribution in [-0.4, -0.2) is 117 Å². The Hall–Kier alpha value is -4.74. The topological polar surface area (TPSA) is 104 Å². The molecule has 7 rings (SSSR count). The zero-order valence-electron chi connectivity index (χ0n) is 29.4. The first-order chi connectivity index (χ1) is 24.9. The molecule has 4 fully saturated rings. The number of pyridine rings is 1. The molecule has 1 aromatic heterocycles. The van der Waals surface area contributed by atoms with Gasteiger partial charge >= 0.3 is 0 Å². The molecule has 11 heteroatoms. The molecule has 51 heavy (non-hydrogen) atoms. The van der Waals surface area contributed by atoms with Crippen LogP contribution in [0.5, 0.6) is 5.75 Å². The molecular formula is C40H49N7O4. The van der Waals surface area contributed by atoms with E-state index in [1.165, 1.54) is 25.9 Å². The standard InChI is InChI=1S/C40H49N7O4/c1-2-21-45-29-38(50)46-35(26-31-12-15-34(48)16-13-31)40(51)44(28-36(46)47(45)37(49)17-14-30-9-4-3-5-10-30)27-32-11-8-20-41-39(32)43-24-18-33(19-25-43)42-22-6-7-23-42/h2-5,8-13,15-16,20,33,35-36,48H,1,6-7,14,17-19,21-29H2/t35-,36?/m0/s1. The van der Waals surface area contributed by atoms with Crippen molar-refractivity contribution in [1.29, 1.82) is 0 Å². The van der Waals surface area contributed by atoms with Gasteiger partial charge in [0.15, 0.2) is 0 Å². The Morgan fingerprint density at radius 3 is 2.39 bits per heavy atom. The summed E-state index contributed by atoms with van der Waals surface area (Å²) in [5.74, 6) is 0.555. The largest absolute Gasteiger partial charge is 0.508 e. The summed E-state index contributed by atoms with van der Waals surface area (Å²) in [5.41, 5.74) is 2.83. The number of phenols is 1. The Labute approximate surface area is 300 Å². The van der Waals surface area contributed by atoms with Gasteiger partial charge in [0.05, 0.1) is 13.1 Å². The lowest BCUT2D eigenvalue weighted by Crippen LogP contribution is -2.75. The summed E-state index contributed by atoms with van der Waals surface area (Å²) in [5, 5.41) is 13.4. The van der Waals surface area contributed by atoms with Crippen LogP contribution in [0.25, 0.3) is 0 Å². The van der Waals surface area contributed by atoms with Crippen molar-refractivity contribution in [2.45, 2.75) is 69.7 Å². The fourth-order valence-corrected chi connectivity index (χ4v) is 8.36. The molecule has 0 spiro atoms. The third-order valence-electron chi connectivity index (χ3n) is 10.9. The van der Waals surface area contributed by atoms with Crippen LogP contribution in [0.4, 0.5) is 5.82 Å². The predicted octanol–water partition coefficient (Wildman–Crippen LogP) is 3.84. The number of aromatic hydroxyl groups is 1. The normalized spacial score (nSPS) is 22.0. The molecule has 2 atom stereocenters. The fraction of sp³-hybridized carbons (Fsp3) is 0.450. The van der Waals surface area contributed by atoms with E-state index in [-0.39, 0.29) is 49.4 Å². The first kappa shape index (κ1) is 34.7. The molecule has 3 aromatic rings. The van der Waals surface area contributed by atoms with Crippen molar-refractivity contribution >= 4 is 23.5 Å². The van der Waals surface area contributed by atoms with Crippen molar-refractivity contribution < 1.29 is 19.5 Å². The van der Waals surface area contributed by atoms with Crippen LogP contribution in [0.3, 0.4) is 0 Å². The summed E-state index contributed by atoms with van der Waals surface area (Å²) >= 11 is 0. The van der Waals surface area contributed by atoms with E-state index in [1.54, 1.807) is 45.3 Å². The van der Waals surface area contributed by atoms with Crippen LogP contribution < -0.4 is 4.90 Å². The SMILES string of the molecule is C=CCN1CC(=O)N2C(CN(Cc3cccnc3N3CCC(N4CCCC4)CC3)C(=O)[C@@H]2Cc2ccc(O)cc2)N1C(=O)CCc1ccccc1. The van der Waals surface area contributed by atoms with Gasteiger partial charge in [-0.2, -0.15) is 0 Å². The van der Waals surface area contributed by atoms with Crippen molar-refractivity contribution in [1.82, 2.24) is 29.7 Å². The molecule has 4 saturated heterocycles. The molecule has 0 radical (unpaired) electrons. The van der Waals surface area contributed by atoms with Gasteiger partial charge in [-0.05, 0) is 74.5 Å². The lowest BCUT2D eigenvalue weighted by molar-refractivity contribution is -0.205. The minimum Gasteiger partial charge on any atom is -0.508 e. The van der Waals surface area contributed by atoms with E-state index in [0.717, 1.165) is 48.4 Å². The van der Waals surface area contributed by atoms with Crippen molar-refractivity contribution in [3.05, 3.63) is 102 Å². The smallest absolute Gasteiger partial charge is 0.246 e. The van der Waals surface area contributed by atoms with Crippen LogP contribution in [0, 0.1) is 0 Å². The van der Waals surface area contributed by atoms with Crippen LogP contribution in [-0.2, 0) is 33.8 Å². The third-order valence-corrected chi connectivity index (χ3v) is 10.9. The average Bonchev–Trinajstić information content (AvgIpc) is 3.70. The monoisotopic (exact) mass is 691 g/mol. The molecule has 4 aliphatic heterocycles. The number of hydrazine groups is 1. The molecule has 3 amide bonds. The van der Waals surface area contributed by atoms with Gasteiger partial charge in [0.2, 0.25) is 17.7 Å². The van der Waals surface area contributed by atoms with Gasteiger partial charge < -0.3 is 24.7 Å². The minimum absolute atomic E-state index is 0.0287. The van der Waals surface area contributed by atoms with Gasteiger partial charge in [0.1, 0.15) is 23.8 Å². The first-order valence-corrected chi connectivity index (χ1v) is 18.4. The van der Waals surface area contributed by atoms with E-state index >= 15 is 0 Å². The Morgan fingerprint density at radius 2 is 1.67 bits per heavy atom. The maximum Gasteiger partial charge on any atom is 0.246 e. The summed E-state index contributed by atoms with van der Waals surface area (Å²) < 4.78 is 0. The van der Waals surface area contributed by atoms with E-state index in [4.69, 9.17) is 4.98 Å². The second-order valence-corrected chi connectivity index (χ2v) is 14.2. The number of likely N-dealkylation sites (tertiary alicyclic amines) is 1. The molecule has 5 heterocycles. The highest BCUT2D eigenvalue weighted by atomic mass is 16.3. The number of carbonyl (C=O) groups is 3. The molecule has 2 aromatic carbocycles. The zero-order valence-corrected chi connectivity index (χ0v) is 29.4. The summed E-state index contributed by atoms with van der Waals surface area (Å²) in [6, 6.07) is 20.4. The summed E-state index contributed by atoms with van der Waals surface area (Å²) in [4.78, 5) is 56.1. The quantitative estimate of drug-likeness (QED) is 0.303. The van der Waals surface area contributed by atoms with Crippen LogP contribution in [0.1, 0.15) is 48.8 Å². The van der Waals surface area contributed by atoms with Gasteiger partial charge in [0.25, 0.3) is 0 Å². The summed E-state index contributed by atoms with van der Waals surface area (Å²) in [7, 11) is 0. The number of rotatable bonds is 11. The van der Waals surface area contributed by atoms with E-state index < -0.39 is 12.2 Å². The molecule has 11 nitrogen and oxygen atoms in total. The minimum atomic E-state index is -0.826. The number of piperidine rings is 1. The molecule has 1 N–H and O–H groups in total. The number of anilines is 1. The number of hydrogen-bond donors (Lipinski definition) is 1. The van der Waals surface area contributed by atoms with Gasteiger partial charge in [0, 0.05) is 56.8 Å². The number of aromatic nitrogens is 1. The molecule has 0 saturated carbocycles. The summed E-state index contributed by atoms with van der Waals surface area (Å²) in [6.45, 7) is 8.90. The maximum atomic E-state index is 14.6. The van der Waals surface area contributed by atoms with Crippen molar-refractivity contribution in [2.75, 3.05) is 50.7 Å². The zero-order chi connectivity index (χ0) is 35.3. The Morgan fingerprint density at radius 1 is 0.922 bits per heavy atom. The van der Waals surface area contributed by atoms with Crippen molar-refractivity contribution in [2.24, 2.45) is 0 Å². The lowest BCUT2D eigenvalue weighted by Gasteiger charge is -2.55. The van der Waals surface area contributed by atoms with Crippen LogP contribution in [0.2, 0.25) is 0 Å². The number of hydrogen-bond acceptors (Lipinski definition) is 8. The number of fused-ring (bicyclic) bond motifs is 1. The van der Waals surface area contributed by atoms with Crippen molar-refractivity contribution in [3.63, 3.8) is 0 Å². The van der Waals surface area contributed by atoms with E-state index in [0.29, 0.717) is 25.6 Å². The predicted molar refractivity (Wildman–Crippen MR) is 195 cm³/mol. The second kappa shape index (κ2) is 15.7. The van der Waals surface area contributed by atoms with E-state index in [2.05, 4.69) is 16.4 Å². The number of aryl methyl sites for hydroxylation is 1. The lowest BCUT2D eigenvalue weighted by atomic mass is 9.97. The Balaban J connectivity index is 1.18. The highest BCUT2D eigenvalue weighted by Crippen LogP contribution is 2.32. The van der Waals surface area contributed by atoms with Crippen LogP contribution in [0.15, 0.2) is 85.6 Å². The maximum absolute atomic E-state index is 14.6. The van der Waals surface area contributed by atoms with Crippen molar-refractivity contribution in [3.8, 4) is 5.75 Å². The van der Waals surface area contributed by atoms with Gasteiger partial charge in [-0.3, -0.25) is 14.4 Å². The Bertz CT molecular complexity index is 1690. The molecular weight excluding hydrogens is 642 g/mol. The molecule has 268 valence electrons. The van der Waals surface area contributed by atoms with Gasteiger partial charge in [-0.15, -0.1) is 6.58 Å². The number of phenolic OH excluding ortho intramolecular Hbond substituents is 1. The molecule has 1 unspecified atom stereocenters. The molecule has 4 aliphatic rings. The van der Waals surface area contributed by atoms with E-state index in [1.807, 2.05) is 53.6 Å². The highest BCUT2D eigenvalue weighted by Gasteiger charge is 2.51. The number of amides is 3. The third kappa shape index (κ3) is 7.64. The van der Waals surface area contributed by atoms with E-state index in [9.17, 15) is 19.5 Å². The second-order valence-electron chi connectivity index (χ2n) is 14.2. The number of carbonyl (C=O) groups excluding carboxylic acids is 3. The molecule has 0 bridgehead atoms. The fourth-order valence-electron chi connectivity index (χ4n) is 8.36.